The fraction of sp³-hybridized carbons (Fsp3) is 0.588. The maximum atomic E-state index is 9.06. The zero-order chi connectivity index (χ0) is 15.1. The molecular formula is C17H25N3O. The minimum atomic E-state index is 0.701. The van der Waals surface area contributed by atoms with Gasteiger partial charge in [0.2, 0.25) is 0 Å². The average Bonchev–Trinajstić information content (AvgIpc) is 2.53. The maximum Gasteiger partial charge on any atom is 0.123 e. The van der Waals surface area contributed by atoms with Gasteiger partial charge in [0.25, 0.3) is 0 Å². The molecule has 0 amide bonds. The number of hydrogen-bond acceptors (Lipinski definition) is 4. The third-order valence-corrected chi connectivity index (χ3v) is 4.09. The average molecular weight is 287 g/mol. The molecule has 114 valence electrons. The van der Waals surface area contributed by atoms with Crippen molar-refractivity contribution in [2.75, 3.05) is 33.3 Å². The zero-order valence-electron chi connectivity index (χ0n) is 13.1. The molecule has 1 aliphatic heterocycles. The molecule has 4 nitrogen and oxygen atoms in total. The summed E-state index contributed by atoms with van der Waals surface area (Å²) in [5.74, 6) is 1.60. The van der Waals surface area contributed by atoms with Crippen molar-refractivity contribution in [1.82, 2.24) is 10.2 Å². The largest absolute Gasteiger partial charge is 0.496 e. The van der Waals surface area contributed by atoms with Crippen LogP contribution in [-0.4, -0.2) is 38.2 Å². The van der Waals surface area contributed by atoms with Crippen molar-refractivity contribution in [2.24, 2.45) is 5.92 Å². The van der Waals surface area contributed by atoms with E-state index in [-0.39, 0.29) is 0 Å². The van der Waals surface area contributed by atoms with Gasteiger partial charge in [-0.25, -0.2) is 0 Å². The van der Waals surface area contributed by atoms with Gasteiger partial charge in [0.1, 0.15) is 5.75 Å². The van der Waals surface area contributed by atoms with Gasteiger partial charge in [-0.2, -0.15) is 5.26 Å². The first-order valence-electron chi connectivity index (χ1n) is 7.77. The minimum absolute atomic E-state index is 0.701. The lowest BCUT2D eigenvalue weighted by Crippen LogP contribution is -2.39. The summed E-state index contributed by atoms with van der Waals surface area (Å²) in [7, 11) is 1.69. The van der Waals surface area contributed by atoms with Gasteiger partial charge in [-0.15, -0.1) is 0 Å². The van der Waals surface area contributed by atoms with E-state index in [2.05, 4.69) is 23.2 Å². The number of methoxy groups -OCH3 is 1. The predicted octanol–water partition coefficient (Wildman–Crippen LogP) is 2.39. The summed E-state index contributed by atoms with van der Waals surface area (Å²) in [5, 5.41) is 12.5. The summed E-state index contributed by atoms with van der Waals surface area (Å²) in [5.41, 5.74) is 1.81. The summed E-state index contributed by atoms with van der Waals surface area (Å²) in [6.07, 6.45) is 2.55. The number of benzene rings is 1. The highest BCUT2D eigenvalue weighted by Gasteiger charge is 2.20. The maximum absolute atomic E-state index is 9.06. The monoisotopic (exact) mass is 287 g/mol. The van der Waals surface area contributed by atoms with Crippen LogP contribution in [0.1, 0.15) is 30.9 Å². The van der Waals surface area contributed by atoms with E-state index in [1.54, 1.807) is 7.11 Å². The van der Waals surface area contributed by atoms with Crippen molar-refractivity contribution in [3.63, 3.8) is 0 Å². The first kappa shape index (κ1) is 15.8. The number of nitriles is 1. The Morgan fingerprint density at radius 2 is 2.33 bits per heavy atom. The van der Waals surface area contributed by atoms with E-state index in [1.807, 2.05) is 18.2 Å². The molecule has 1 unspecified atom stereocenters. The van der Waals surface area contributed by atoms with Crippen LogP contribution in [0.5, 0.6) is 5.75 Å². The van der Waals surface area contributed by atoms with E-state index in [9.17, 15) is 0 Å². The van der Waals surface area contributed by atoms with Crippen LogP contribution in [0.2, 0.25) is 0 Å². The summed E-state index contributed by atoms with van der Waals surface area (Å²) >= 11 is 0. The molecule has 0 bridgehead atoms. The SMILES string of the molecule is CCNCC1CCCN(Cc2cc(C#N)ccc2OC)C1. The highest BCUT2D eigenvalue weighted by atomic mass is 16.5. The number of rotatable bonds is 6. The molecule has 0 aliphatic carbocycles. The lowest BCUT2D eigenvalue weighted by molar-refractivity contribution is 0.164. The lowest BCUT2D eigenvalue weighted by Gasteiger charge is -2.33. The number of hydrogen-bond donors (Lipinski definition) is 1. The van der Waals surface area contributed by atoms with E-state index < -0.39 is 0 Å². The number of piperidine rings is 1. The molecule has 21 heavy (non-hydrogen) atoms. The molecule has 1 aromatic carbocycles. The van der Waals surface area contributed by atoms with E-state index in [0.29, 0.717) is 5.56 Å². The van der Waals surface area contributed by atoms with Gasteiger partial charge < -0.3 is 10.1 Å². The van der Waals surface area contributed by atoms with Crippen LogP contribution in [0.4, 0.5) is 0 Å². The van der Waals surface area contributed by atoms with Crippen LogP contribution in [0.25, 0.3) is 0 Å². The van der Waals surface area contributed by atoms with Gasteiger partial charge in [0, 0.05) is 18.7 Å². The van der Waals surface area contributed by atoms with Crippen molar-refractivity contribution in [2.45, 2.75) is 26.3 Å². The Bertz CT molecular complexity index is 495. The Kier molecular flexibility index (Phi) is 6.04. The molecule has 1 aliphatic rings. The smallest absolute Gasteiger partial charge is 0.123 e. The second-order valence-corrected chi connectivity index (χ2v) is 5.69. The van der Waals surface area contributed by atoms with E-state index >= 15 is 0 Å². The normalized spacial score (nSPS) is 19.2. The van der Waals surface area contributed by atoms with Crippen LogP contribution >= 0.6 is 0 Å². The summed E-state index contributed by atoms with van der Waals surface area (Å²) in [6, 6.07) is 7.87. The number of nitrogens with zero attached hydrogens (tertiary/aromatic N) is 2. The molecule has 1 aromatic rings. The highest BCUT2D eigenvalue weighted by molar-refractivity contribution is 5.42. The Hall–Kier alpha value is -1.57. The molecule has 4 heteroatoms. The Morgan fingerprint density at radius 1 is 1.48 bits per heavy atom. The van der Waals surface area contributed by atoms with Crippen molar-refractivity contribution >= 4 is 0 Å². The predicted molar refractivity (Wildman–Crippen MR) is 84.3 cm³/mol. The zero-order valence-corrected chi connectivity index (χ0v) is 13.1. The second kappa shape index (κ2) is 8.02. The molecule has 0 saturated carbocycles. The molecule has 0 spiro atoms. The van der Waals surface area contributed by atoms with E-state index in [1.165, 1.54) is 12.8 Å². The van der Waals surface area contributed by atoms with Gasteiger partial charge in [-0.1, -0.05) is 6.92 Å². The first-order valence-corrected chi connectivity index (χ1v) is 7.77. The molecular weight excluding hydrogens is 262 g/mol. The molecule has 2 rings (SSSR count). The van der Waals surface area contributed by atoms with Gasteiger partial charge >= 0.3 is 0 Å². The molecule has 1 atom stereocenters. The van der Waals surface area contributed by atoms with Crippen LogP contribution in [0.15, 0.2) is 18.2 Å². The molecule has 1 fully saturated rings. The van der Waals surface area contributed by atoms with E-state index in [0.717, 1.165) is 50.0 Å². The minimum Gasteiger partial charge on any atom is -0.496 e. The van der Waals surface area contributed by atoms with Crippen molar-refractivity contribution < 1.29 is 4.74 Å². The summed E-state index contributed by atoms with van der Waals surface area (Å²) in [6.45, 7) is 7.40. The van der Waals surface area contributed by atoms with Crippen molar-refractivity contribution in [1.29, 1.82) is 5.26 Å². The van der Waals surface area contributed by atoms with E-state index in [4.69, 9.17) is 10.00 Å². The topological polar surface area (TPSA) is 48.3 Å². The van der Waals surface area contributed by atoms with Gasteiger partial charge in [-0.05, 0) is 56.6 Å². The summed E-state index contributed by atoms with van der Waals surface area (Å²) < 4.78 is 5.43. The number of ether oxygens (including phenoxy) is 1. The van der Waals surface area contributed by atoms with Gasteiger partial charge in [-0.3, -0.25) is 4.90 Å². The third kappa shape index (κ3) is 4.45. The first-order chi connectivity index (χ1) is 10.3. The van der Waals surface area contributed by atoms with Gasteiger partial charge in [0.15, 0.2) is 0 Å². The molecule has 0 radical (unpaired) electrons. The highest BCUT2D eigenvalue weighted by Crippen LogP contribution is 2.24. The van der Waals surface area contributed by atoms with Crippen molar-refractivity contribution in [3.8, 4) is 11.8 Å². The third-order valence-electron chi connectivity index (χ3n) is 4.09. The molecule has 1 saturated heterocycles. The Balaban J connectivity index is 2.01. The van der Waals surface area contributed by atoms with Crippen LogP contribution < -0.4 is 10.1 Å². The number of likely N-dealkylation sites (tertiary alicyclic amines) is 1. The molecule has 1 heterocycles. The standard InChI is InChI=1S/C17H25N3O/c1-3-19-11-15-5-4-8-20(12-15)13-16-9-14(10-18)6-7-17(16)21-2/h6-7,9,15,19H,3-5,8,11-13H2,1-2H3. The lowest BCUT2D eigenvalue weighted by atomic mass is 9.97. The Labute approximate surface area is 127 Å². The second-order valence-electron chi connectivity index (χ2n) is 5.69. The Morgan fingerprint density at radius 3 is 3.05 bits per heavy atom. The molecule has 0 aromatic heterocycles. The van der Waals surface area contributed by atoms with Crippen LogP contribution in [0, 0.1) is 17.2 Å². The van der Waals surface area contributed by atoms with Crippen LogP contribution in [0.3, 0.4) is 0 Å². The van der Waals surface area contributed by atoms with Crippen LogP contribution in [-0.2, 0) is 6.54 Å². The quantitative estimate of drug-likeness (QED) is 0.873. The van der Waals surface area contributed by atoms with Gasteiger partial charge in [0.05, 0.1) is 18.7 Å². The van der Waals surface area contributed by atoms with Crippen molar-refractivity contribution in [3.05, 3.63) is 29.3 Å². The summed E-state index contributed by atoms with van der Waals surface area (Å²) in [4.78, 5) is 2.48. The number of nitrogens with one attached hydrogen (secondary N) is 1. The fourth-order valence-electron chi connectivity index (χ4n) is 3.02. The molecule has 1 N–H and O–H groups in total. The fourth-order valence-corrected chi connectivity index (χ4v) is 3.02.